The van der Waals surface area contributed by atoms with Gasteiger partial charge < -0.3 is 24.2 Å². The predicted molar refractivity (Wildman–Crippen MR) is 158 cm³/mol. The predicted octanol–water partition coefficient (Wildman–Crippen LogP) is 6.54. The lowest BCUT2D eigenvalue weighted by Crippen LogP contribution is -2.57. The van der Waals surface area contributed by atoms with Gasteiger partial charge in [0.1, 0.15) is 22.9 Å². The Morgan fingerprint density at radius 1 is 1.12 bits per heavy atom. The molecule has 0 aliphatic carbocycles. The first kappa shape index (κ1) is 28.6. The Morgan fingerprint density at radius 2 is 1.88 bits per heavy atom. The van der Waals surface area contributed by atoms with Crippen LogP contribution in [0.15, 0.2) is 78.4 Å². The highest BCUT2D eigenvalue weighted by molar-refractivity contribution is 6.03. The molecule has 2 heterocycles. The van der Waals surface area contributed by atoms with Crippen LogP contribution in [0.4, 0.5) is 10.1 Å². The van der Waals surface area contributed by atoms with E-state index < -0.39 is 29.0 Å². The van der Waals surface area contributed by atoms with Crippen molar-refractivity contribution >= 4 is 17.7 Å². The zero-order valence-corrected chi connectivity index (χ0v) is 24.1. The lowest BCUT2D eigenvalue weighted by molar-refractivity contribution is -0.146. The Morgan fingerprint density at radius 3 is 2.54 bits per heavy atom. The number of nitrogens with zero attached hydrogens (tertiary/aromatic N) is 1. The maximum atomic E-state index is 14.1. The number of ether oxygens (including phenoxy) is 3. The fourth-order valence-electron chi connectivity index (χ4n) is 5.70. The normalized spacial score (nSPS) is 23.0. The van der Waals surface area contributed by atoms with E-state index in [1.165, 1.54) is 24.8 Å². The van der Waals surface area contributed by atoms with Crippen LogP contribution >= 0.6 is 0 Å². The van der Waals surface area contributed by atoms with E-state index in [4.69, 9.17) is 14.2 Å². The van der Waals surface area contributed by atoms with E-state index in [0.29, 0.717) is 33.9 Å². The van der Waals surface area contributed by atoms with Crippen LogP contribution in [0.2, 0.25) is 0 Å². The Labute approximate surface area is 240 Å². The second-order valence-corrected chi connectivity index (χ2v) is 11.1. The molecule has 3 aromatic carbocycles. The van der Waals surface area contributed by atoms with E-state index in [2.05, 4.69) is 19.9 Å². The average molecular weight is 558 g/mol. The monoisotopic (exact) mass is 557 g/mol. The number of methoxy groups -OCH3 is 2. The molecule has 41 heavy (non-hydrogen) atoms. The molecular weight excluding hydrogens is 521 g/mol. The van der Waals surface area contributed by atoms with Crippen molar-refractivity contribution in [2.45, 2.75) is 57.5 Å². The summed E-state index contributed by atoms with van der Waals surface area (Å²) in [5.41, 5.74) is 1.46. The number of carbonyl (C=O) groups excluding carboxylic acids is 1. The minimum absolute atomic E-state index is 0.0919. The summed E-state index contributed by atoms with van der Waals surface area (Å²) in [4.78, 5) is 15.6. The molecule has 0 bridgehead atoms. The van der Waals surface area contributed by atoms with Gasteiger partial charge in [0.05, 0.1) is 24.9 Å². The van der Waals surface area contributed by atoms with Gasteiger partial charge >= 0.3 is 0 Å². The maximum absolute atomic E-state index is 14.1. The highest BCUT2D eigenvalue weighted by Crippen LogP contribution is 2.52. The van der Waals surface area contributed by atoms with Crippen molar-refractivity contribution in [3.63, 3.8) is 0 Å². The number of anilines is 1. The van der Waals surface area contributed by atoms with Crippen molar-refractivity contribution in [2.24, 2.45) is 0 Å². The van der Waals surface area contributed by atoms with Gasteiger partial charge in [-0.05, 0) is 87.2 Å². The number of benzene rings is 3. The minimum Gasteiger partial charge on any atom is -0.497 e. The number of fused-ring (bicyclic) bond motifs is 3. The molecule has 5 rings (SSSR count). The van der Waals surface area contributed by atoms with Crippen LogP contribution < -0.4 is 14.4 Å². The van der Waals surface area contributed by atoms with Gasteiger partial charge in [-0.25, -0.2) is 4.39 Å². The van der Waals surface area contributed by atoms with Crippen LogP contribution in [0.25, 0.3) is 6.08 Å². The summed E-state index contributed by atoms with van der Waals surface area (Å²) in [6.45, 7) is 6.24. The van der Waals surface area contributed by atoms with Crippen LogP contribution in [0.5, 0.6) is 11.5 Å². The molecule has 0 spiro atoms. The maximum Gasteiger partial charge on any atom is 0.260 e. The molecule has 1 N–H and O–H groups in total. The third-order valence-corrected chi connectivity index (χ3v) is 7.85. The van der Waals surface area contributed by atoms with Gasteiger partial charge in [0.2, 0.25) is 0 Å². The van der Waals surface area contributed by atoms with Gasteiger partial charge in [-0.2, -0.15) is 0 Å². The second kappa shape index (κ2) is 11.1. The highest BCUT2D eigenvalue weighted by Gasteiger charge is 2.55. The van der Waals surface area contributed by atoms with Crippen LogP contribution in [0, 0.1) is 5.82 Å². The van der Waals surface area contributed by atoms with Gasteiger partial charge in [-0.15, -0.1) is 0 Å². The third kappa shape index (κ3) is 5.27. The SMILES string of the molecule is COc1ccc([C@]2(O)c3c(ccc4c3O[C@@](C)(CCC=C(C)C)C=C4)N(Cc3cccc(F)c3)C(=O)[C@H]2OC)cc1. The topological polar surface area (TPSA) is 68.2 Å². The van der Waals surface area contributed by atoms with Crippen LogP contribution in [0.1, 0.15) is 55.9 Å². The number of hydrogen-bond donors (Lipinski definition) is 1. The van der Waals surface area contributed by atoms with Crippen molar-refractivity contribution in [1.82, 2.24) is 0 Å². The van der Waals surface area contributed by atoms with Gasteiger partial charge in [-0.1, -0.05) is 42.0 Å². The molecule has 0 saturated heterocycles. The molecule has 214 valence electrons. The quantitative estimate of drug-likeness (QED) is 0.319. The number of carbonyl (C=O) groups is 1. The molecule has 6 nitrogen and oxygen atoms in total. The fraction of sp³-hybridized carbons (Fsp3) is 0.324. The molecule has 0 unspecified atom stereocenters. The first-order valence-electron chi connectivity index (χ1n) is 13.7. The van der Waals surface area contributed by atoms with E-state index in [1.54, 1.807) is 48.4 Å². The van der Waals surface area contributed by atoms with E-state index >= 15 is 0 Å². The molecule has 1 amide bonds. The Kier molecular flexibility index (Phi) is 7.77. The summed E-state index contributed by atoms with van der Waals surface area (Å²) < 4.78 is 32.0. The molecule has 7 heteroatoms. The molecule has 0 saturated carbocycles. The molecule has 0 radical (unpaired) electrons. The lowest BCUT2D eigenvalue weighted by Gasteiger charge is -2.46. The summed E-state index contributed by atoms with van der Waals surface area (Å²) in [6, 6.07) is 16.8. The fourth-order valence-corrected chi connectivity index (χ4v) is 5.70. The van der Waals surface area contributed by atoms with E-state index in [1.807, 2.05) is 31.2 Å². The van der Waals surface area contributed by atoms with Gasteiger partial charge in [0.15, 0.2) is 11.7 Å². The van der Waals surface area contributed by atoms with Crippen LogP contribution in [-0.4, -0.2) is 36.9 Å². The number of halogens is 1. The number of aliphatic hydroxyl groups is 1. The molecule has 2 aliphatic heterocycles. The molecule has 2 aliphatic rings. The first-order chi connectivity index (χ1) is 19.6. The van der Waals surface area contributed by atoms with E-state index in [9.17, 15) is 14.3 Å². The summed E-state index contributed by atoms with van der Waals surface area (Å²) in [5, 5.41) is 12.7. The van der Waals surface area contributed by atoms with Gasteiger partial charge in [0.25, 0.3) is 5.91 Å². The Balaban J connectivity index is 1.71. The van der Waals surface area contributed by atoms with E-state index in [-0.39, 0.29) is 6.54 Å². The Bertz CT molecular complexity index is 1510. The van der Waals surface area contributed by atoms with Crippen molar-refractivity contribution < 1.29 is 28.5 Å². The van der Waals surface area contributed by atoms with Crippen molar-refractivity contribution in [3.05, 3.63) is 106 Å². The average Bonchev–Trinajstić information content (AvgIpc) is 2.94. The second-order valence-electron chi connectivity index (χ2n) is 11.1. The van der Waals surface area contributed by atoms with Gasteiger partial charge in [0, 0.05) is 12.7 Å². The molecule has 3 atom stereocenters. The first-order valence-corrected chi connectivity index (χ1v) is 13.7. The molecular formula is C34H36FNO5. The zero-order chi connectivity index (χ0) is 29.4. The number of rotatable bonds is 8. The van der Waals surface area contributed by atoms with Crippen molar-refractivity contribution in [2.75, 3.05) is 19.1 Å². The lowest BCUT2D eigenvalue weighted by atomic mass is 9.75. The smallest absolute Gasteiger partial charge is 0.260 e. The molecule has 0 fully saturated rings. The number of allylic oxidation sites excluding steroid dienone is 2. The van der Waals surface area contributed by atoms with Crippen LogP contribution in [0.3, 0.4) is 0 Å². The number of hydrogen-bond acceptors (Lipinski definition) is 5. The minimum atomic E-state index is -1.89. The standard InChI is InChI=1S/C34H36FNO5/c1-22(2)8-7-18-33(3)19-17-24-11-16-28-29(30(24)41-33)34(38,25-12-14-27(39-4)15-13-25)31(40-5)32(37)36(28)21-23-9-6-10-26(35)20-23/h6,8-17,19-20,31,38H,7,18,21H2,1-5H3/t31-,33+,34+/m1/s1. The molecule has 0 aromatic heterocycles. The van der Waals surface area contributed by atoms with Crippen molar-refractivity contribution in [1.29, 1.82) is 0 Å². The summed E-state index contributed by atoms with van der Waals surface area (Å²) >= 11 is 0. The van der Waals surface area contributed by atoms with E-state index in [0.717, 1.165) is 18.4 Å². The van der Waals surface area contributed by atoms with Crippen molar-refractivity contribution in [3.8, 4) is 11.5 Å². The largest absolute Gasteiger partial charge is 0.497 e. The highest BCUT2D eigenvalue weighted by atomic mass is 19.1. The molecule has 3 aromatic rings. The van der Waals surface area contributed by atoms with Crippen LogP contribution in [-0.2, 0) is 21.7 Å². The Hall–Kier alpha value is -3.94. The number of amides is 1. The summed E-state index contributed by atoms with van der Waals surface area (Å²) in [7, 11) is 2.97. The van der Waals surface area contributed by atoms with Gasteiger partial charge in [-0.3, -0.25) is 4.79 Å². The third-order valence-electron chi connectivity index (χ3n) is 7.85. The summed E-state index contributed by atoms with van der Waals surface area (Å²) in [6.07, 6.45) is 6.46. The zero-order valence-electron chi connectivity index (χ0n) is 24.1. The summed E-state index contributed by atoms with van der Waals surface area (Å²) in [5.74, 6) is 0.265.